The number of aromatic nitrogens is 1. The molecule has 0 saturated heterocycles. The lowest BCUT2D eigenvalue weighted by Crippen LogP contribution is -2.14. The minimum atomic E-state index is -0.481. The highest BCUT2D eigenvalue weighted by Crippen LogP contribution is 2.38. The van der Waals surface area contributed by atoms with Crippen molar-refractivity contribution in [1.29, 1.82) is 0 Å². The third-order valence-electron chi connectivity index (χ3n) is 3.50. The van der Waals surface area contributed by atoms with Crippen LogP contribution in [0.15, 0.2) is 12.1 Å². The van der Waals surface area contributed by atoms with E-state index in [9.17, 15) is 9.59 Å². The Morgan fingerprint density at radius 1 is 1.08 bits per heavy atom. The van der Waals surface area contributed by atoms with Gasteiger partial charge in [0.05, 0.1) is 40.6 Å². The third kappa shape index (κ3) is 4.23. The van der Waals surface area contributed by atoms with E-state index in [1.807, 2.05) is 0 Å². The van der Waals surface area contributed by atoms with Crippen LogP contribution in [0.4, 0.5) is 5.13 Å². The maximum absolute atomic E-state index is 12.3. The van der Waals surface area contributed by atoms with Gasteiger partial charge in [-0.15, -0.1) is 0 Å². The molecule has 1 N–H and O–H groups in total. The molecule has 0 radical (unpaired) electrons. The molecule has 26 heavy (non-hydrogen) atoms. The fraction of sp³-hybridized carbons (Fsp3) is 0.353. The molecule has 0 atom stereocenters. The van der Waals surface area contributed by atoms with E-state index < -0.39 is 5.97 Å². The van der Waals surface area contributed by atoms with Crippen molar-refractivity contribution in [2.45, 2.75) is 13.3 Å². The standard InChI is InChI=1S/C17H20N2O6S/c1-9-15(16(21)25-5)26-17(18-9)19-13(20)8-10-6-11(22-2)14(24-4)12(7-10)23-3/h6-7H,8H2,1-5H3,(H,18,19,20). The van der Waals surface area contributed by atoms with Crippen molar-refractivity contribution in [3.8, 4) is 17.2 Å². The van der Waals surface area contributed by atoms with E-state index in [2.05, 4.69) is 15.0 Å². The van der Waals surface area contributed by atoms with Crippen LogP contribution in [0.1, 0.15) is 20.9 Å². The molecule has 0 fully saturated rings. The molecule has 140 valence electrons. The molecule has 0 unspecified atom stereocenters. The molecule has 2 aromatic rings. The molecule has 1 aromatic carbocycles. The van der Waals surface area contributed by atoms with Gasteiger partial charge in [0.25, 0.3) is 0 Å². The molecule has 0 aliphatic heterocycles. The molecule has 0 spiro atoms. The summed E-state index contributed by atoms with van der Waals surface area (Å²) in [6.07, 6.45) is 0.0723. The van der Waals surface area contributed by atoms with Crippen molar-refractivity contribution >= 4 is 28.3 Å². The first kappa shape index (κ1) is 19.5. The van der Waals surface area contributed by atoms with E-state index in [0.717, 1.165) is 11.3 Å². The Kier molecular flexibility index (Phi) is 6.40. The van der Waals surface area contributed by atoms with Crippen LogP contribution in [0.25, 0.3) is 0 Å². The normalized spacial score (nSPS) is 10.2. The Morgan fingerprint density at radius 2 is 1.69 bits per heavy atom. The zero-order valence-electron chi connectivity index (χ0n) is 15.2. The van der Waals surface area contributed by atoms with Crippen LogP contribution in [0.5, 0.6) is 17.2 Å². The van der Waals surface area contributed by atoms with Crippen molar-refractivity contribution in [1.82, 2.24) is 4.98 Å². The number of aryl methyl sites for hydroxylation is 1. The summed E-state index contributed by atoms with van der Waals surface area (Å²) in [5.74, 6) is 0.618. The van der Waals surface area contributed by atoms with E-state index in [0.29, 0.717) is 38.5 Å². The number of methoxy groups -OCH3 is 4. The quantitative estimate of drug-likeness (QED) is 0.737. The summed E-state index contributed by atoms with van der Waals surface area (Å²) in [6.45, 7) is 1.68. The van der Waals surface area contributed by atoms with Crippen molar-refractivity contribution in [3.63, 3.8) is 0 Å². The second-order valence-electron chi connectivity index (χ2n) is 5.18. The first-order valence-corrected chi connectivity index (χ1v) is 8.39. The van der Waals surface area contributed by atoms with Gasteiger partial charge in [-0.05, 0) is 24.6 Å². The Morgan fingerprint density at radius 3 is 2.19 bits per heavy atom. The Bertz CT molecular complexity index is 793. The van der Waals surface area contributed by atoms with E-state index in [1.54, 1.807) is 19.1 Å². The van der Waals surface area contributed by atoms with Gasteiger partial charge in [-0.1, -0.05) is 11.3 Å². The SMILES string of the molecule is COC(=O)c1sc(NC(=O)Cc2cc(OC)c(OC)c(OC)c2)nc1C. The van der Waals surface area contributed by atoms with Crippen LogP contribution >= 0.6 is 11.3 Å². The number of nitrogens with zero attached hydrogens (tertiary/aromatic N) is 1. The fourth-order valence-corrected chi connectivity index (χ4v) is 3.22. The summed E-state index contributed by atoms with van der Waals surface area (Å²) < 4.78 is 20.5. The zero-order valence-corrected chi connectivity index (χ0v) is 16.0. The number of esters is 1. The summed E-state index contributed by atoms with van der Waals surface area (Å²) in [6, 6.07) is 3.40. The first-order chi connectivity index (χ1) is 12.4. The van der Waals surface area contributed by atoms with Crippen molar-refractivity contribution in [2.75, 3.05) is 33.8 Å². The molecule has 0 aliphatic rings. The summed E-state index contributed by atoms with van der Waals surface area (Å²) >= 11 is 1.07. The van der Waals surface area contributed by atoms with Gasteiger partial charge in [-0.2, -0.15) is 0 Å². The number of anilines is 1. The predicted molar refractivity (Wildman–Crippen MR) is 96.6 cm³/mol. The molecule has 1 amide bonds. The number of ether oxygens (including phenoxy) is 4. The number of hydrogen-bond acceptors (Lipinski definition) is 8. The van der Waals surface area contributed by atoms with Crippen LogP contribution in [-0.2, 0) is 16.0 Å². The number of carbonyl (C=O) groups excluding carboxylic acids is 2. The first-order valence-electron chi connectivity index (χ1n) is 7.58. The number of amides is 1. The Labute approximate surface area is 155 Å². The van der Waals surface area contributed by atoms with E-state index >= 15 is 0 Å². The lowest BCUT2D eigenvalue weighted by Gasteiger charge is -2.13. The topological polar surface area (TPSA) is 96.0 Å². The van der Waals surface area contributed by atoms with Crippen LogP contribution in [0, 0.1) is 6.92 Å². The van der Waals surface area contributed by atoms with Crippen LogP contribution < -0.4 is 19.5 Å². The predicted octanol–water partition coefficient (Wildman–Crippen LogP) is 2.45. The number of carbonyl (C=O) groups is 2. The lowest BCUT2D eigenvalue weighted by molar-refractivity contribution is -0.115. The second-order valence-corrected chi connectivity index (χ2v) is 6.18. The molecule has 1 heterocycles. The molecular weight excluding hydrogens is 360 g/mol. The van der Waals surface area contributed by atoms with Gasteiger partial charge in [-0.25, -0.2) is 9.78 Å². The number of thiazole rings is 1. The molecule has 0 aliphatic carbocycles. The van der Waals surface area contributed by atoms with Gasteiger partial charge in [0.15, 0.2) is 16.6 Å². The summed E-state index contributed by atoms with van der Waals surface area (Å²) in [5, 5.41) is 3.02. The summed E-state index contributed by atoms with van der Waals surface area (Å²) in [5.41, 5.74) is 1.18. The summed E-state index contributed by atoms with van der Waals surface area (Å²) in [4.78, 5) is 28.5. The Hall–Kier alpha value is -2.81. The maximum atomic E-state index is 12.3. The highest BCUT2D eigenvalue weighted by molar-refractivity contribution is 7.17. The smallest absolute Gasteiger partial charge is 0.350 e. The van der Waals surface area contributed by atoms with Crippen LogP contribution in [0.2, 0.25) is 0 Å². The van der Waals surface area contributed by atoms with Gasteiger partial charge in [0, 0.05) is 0 Å². The number of nitrogens with one attached hydrogen (secondary N) is 1. The van der Waals surface area contributed by atoms with Gasteiger partial charge >= 0.3 is 5.97 Å². The van der Waals surface area contributed by atoms with Gasteiger partial charge in [0.2, 0.25) is 11.7 Å². The monoisotopic (exact) mass is 380 g/mol. The van der Waals surface area contributed by atoms with E-state index in [4.69, 9.17) is 14.2 Å². The minimum Gasteiger partial charge on any atom is -0.493 e. The summed E-state index contributed by atoms with van der Waals surface area (Å²) in [7, 11) is 5.82. The number of benzene rings is 1. The molecule has 0 bridgehead atoms. The van der Waals surface area contributed by atoms with Crippen molar-refractivity contribution < 1.29 is 28.5 Å². The Balaban J connectivity index is 2.16. The zero-order chi connectivity index (χ0) is 19.3. The maximum Gasteiger partial charge on any atom is 0.350 e. The minimum absolute atomic E-state index is 0.0723. The van der Waals surface area contributed by atoms with Crippen LogP contribution in [0.3, 0.4) is 0 Å². The highest BCUT2D eigenvalue weighted by atomic mass is 32.1. The molecule has 1 aromatic heterocycles. The second kappa shape index (κ2) is 8.52. The van der Waals surface area contributed by atoms with Crippen molar-refractivity contribution in [3.05, 3.63) is 28.3 Å². The van der Waals surface area contributed by atoms with Gasteiger partial charge in [-0.3, -0.25) is 4.79 Å². The van der Waals surface area contributed by atoms with Gasteiger partial charge in [0.1, 0.15) is 4.88 Å². The third-order valence-corrected chi connectivity index (χ3v) is 4.56. The molecule has 2 rings (SSSR count). The lowest BCUT2D eigenvalue weighted by atomic mass is 10.1. The fourth-order valence-electron chi connectivity index (χ4n) is 2.32. The number of rotatable bonds is 7. The molecule has 0 saturated carbocycles. The number of hydrogen-bond donors (Lipinski definition) is 1. The molecular formula is C17H20N2O6S. The van der Waals surface area contributed by atoms with Crippen molar-refractivity contribution in [2.24, 2.45) is 0 Å². The average molecular weight is 380 g/mol. The average Bonchev–Trinajstić information content (AvgIpc) is 2.99. The van der Waals surface area contributed by atoms with E-state index in [-0.39, 0.29) is 12.3 Å². The molecule has 8 nitrogen and oxygen atoms in total. The van der Waals surface area contributed by atoms with E-state index in [1.165, 1.54) is 28.4 Å². The molecule has 9 heteroatoms. The highest BCUT2D eigenvalue weighted by Gasteiger charge is 2.18. The largest absolute Gasteiger partial charge is 0.493 e. The van der Waals surface area contributed by atoms with Gasteiger partial charge < -0.3 is 24.3 Å². The van der Waals surface area contributed by atoms with Crippen LogP contribution in [-0.4, -0.2) is 45.3 Å².